The molecule has 2 rings (SSSR count). The van der Waals surface area contributed by atoms with E-state index in [9.17, 15) is 4.79 Å². The van der Waals surface area contributed by atoms with Gasteiger partial charge in [-0.1, -0.05) is 6.07 Å². The normalized spacial score (nSPS) is 11.1. The van der Waals surface area contributed by atoms with Crippen molar-refractivity contribution in [3.8, 4) is 11.5 Å². The number of benzene rings is 1. The van der Waals surface area contributed by atoms with E-state index in [1.807, 2.05) is 45.0 Å². The van der Waals surface area contributed by atoms with Gasteiger partial charge in [0.15, 0.2) is 17.5 Å². The highest BCUT2D eigenvalue weighted by molar-refractivity contribution is 5.84. The number of ether oxygens (including phenoxy) is 2. The van der Waals surface area contributed by atoms with E-state index < -0.39 is 0 Å². The molecule has 8 heteroatoms. The van der Waals surface area contributed by atoms with Gasteiger partial charge in [-0.3, -0.25) is 4.79 Å². The first-order chi connectivity index (χ1) is 14.7. The summed E-state index contributed by atoms with van der Waals surface area (Å²) in [6.45, 7) is 8.82. The molecule has 0 spiro atoms. The number of nitrogens with zero attached hydrogens (tertiary/aromatic N) is 1. The van der Waals surface area contributed by atoms with Gasteiger partial charge in [0.05, 0.1) is 26.0 Å². The van der Waals surface area contributed by atoms with Crippen LogP contribution in [-0.4, -0.2) is 44.7 Å². The van der Waals surface area contributed by atoms with Crippen LogP contribution in [0.3, 0.4) is 0 Å². The van der Waals surface area contributed by atoms with Gasteiger partial charge in [-0.05, 0) is 57.0 Å². The molecular formula is C22H32N4O4. The van der Waals surface area contributed by atoms with Gasteiger partial charge in [-0.25, -0.2) is 4.99 Å². The molecule has 30 heavy (non-hydrogen) atoms. The first-order valence-electron chi connectivity index (χ1n) is 10.4. The Kier molecular flexibility index (Phi) is 10.1. The van der Waals surface area contributed by atoms with Crippen LogP contribution in [0.5, 0.6) is 11.5 Å². The van der Waals surface area contributed by atoms with Gasteiger partial charge in [0.25, 0.3) is 0 Å². The Labute approximate surface area is 178 Å². The Morgan fingerprint density at radius 2 is 1.83 bits per heavy atom. The number of aliphatic imine (C=N–C) groups is 1. The number of carbonyl (C=O) groups excluding carboxylic acids is 1. The second-order valence-electron chi connectivity index (χ2n) is 6.38. The molecule has 0 bridgehead atoms. The van der Waals surface area contributed by atoms with Gasteiger partial charge in [-0.15, -0.1) is 0 Å². The SMILES string of the molecule is CCNC(=NCC(=O)NCc1ccco1)NCCc1ccc(OCC)c(OCC)c1. The Morgan fingerprint density at radius 1 is 1.03 bits per heavy atom. The summed E-state index contributed by atoms with van der Waals surface area (Å²) >= 11 is 0. The number of rotatable bonds is 12. The molecule has 8 nitrogen and oxygen atoms in total. The fourth-order valence-electron chi connectivity index (χ4n) is 2.72. The fourth-order valence-corrected chi connectivity index (χ4v) is 2.72. The van der Waals surface area contributed by atoms with E-state index in [1.54, 1.807) is 12.3 Å². The van der Waals surface area contributed by atoms with Crippen LogP contribution in [0, 0.1) is 0 Å². The number of nitrogens with one attached hydrogen (secondary N) is 3. The van der Waals surface area contributed by atoms with Crippen molar-refractivity contribution in [2.75, 3.05) is 32.8 Å². The second kappa shape index (κ2) is 13.1. The number of guanidine groups is 1. The lowest BCUT2D eigenvalue weighted by molar-refractivity contribution is -0.119. The molecular weight excluding hydrogens is 384 g/mol. The highest BCUT2D eigenvalue weighted by Crippen LogP contribution is 2.28. The van der Waals surface area contributed by atoms with E-state index in [-0.39, 0.29) is 12.5 Å². The van der Waals surface area contributed by atoms with Crippen LogP contribution >= 0.6 is 0 Å². The highest BCUT2D eigenvalue weighted by atomic mass is 16.5. The smallest absolute Gasteiger partial charge is 0.242 e. The van der Waals surface area contributed by atoms with Crippen LogP contribution in [0.1, 0.15) is 32.1 Å². The fraction of sp³-hybridized carbons (Fsp3) is 0.455. The van der Waals surface area contributed by atoms with Crippen molar-refractivity contribution < 1.29 is 18.7 Å². The summed E-state index contributed by atoms with van der Waals surface area (Å²) in [4.78, 5) is 16.3. The van der Waals surface area contributed by atoms with Gasteiger partial charge in [0.1, 0.15) is 12.3 Å². The predicted molar refractivity (Wildman–Crippen MR) is 117 cm³/mol. The quantitative estimate of drug-likeness (QED) is 0.363. The average molecular weight is 417 g/mol. The first kappa shape index (κ1) is 23.1. The summed E-state index contributed by atoms with van der Waals surface area (Å²) in [5.41, 5.74) is 1.13. The molecule has 0 atom stereocenters. The van der Waals surface area contributed by atoms with Crippen molar-refractivity contribution in [2.45, 2.75) is 33.7 Å². The third-order valence-corrected chi connectivity index (χ3v) is 4.08. The van der Waals surface area contributed by atoms with Crippen molar-refractivity contribution in [3.05, 3.63) is 47.9 Å². The van der Waals surface area contributed by atoms with Gasteiger partial charge < -0.3 is 29.8 Å². The van der Waals surface area contributed by atoms with Crippen molar-refractivity contribution in [2.24, 2.45) is 4.99 Å². The summed E-state index contributed by atoms with van der Waals surface area (Å²) < 4.78 is 16.5. The Hall–Kier alpha value is -3.16. The van der Waals surface area contributed by atoms with Crippen LogP contribution in [0.15, 0.2) is 46.0 Å². The predicted octanol–water partition coefficient (Wildman–Crippen LogP) is 2.49. The Balaban J connectivity index is 1.83. The van der Waals surface area contributed by atoms with Crippen LogP contribution in [0.2, 0.25) is 0 Å². The molecule has 1 aromatic heterocycles. The van der Waals surface area contributed by atoms with E-state index in [2.05, 4.69) is 20.9 Å². The van der Waals surface area contributed by atoms with Crippen LogP contribution < -0.4 is 25.4 Å². The minimum Gasteiger partial charge on any atom is -0.490 e. The number of hydrogen-bond acceptors (Lipinski definition) is 5. The number of carbonyl (C=O) groups is 1. The monoisotopic (exact) mass is 416 g/mol. The maximum Gasteiger partial charge on any atom is 0.242 e. The van der Waals surface area contributed by atoms with Crippen molar-refractivity contribution >= 4 is 11.9 Å². The molecule has 0 aliphatic carbocycles. The summed E-state index contributed by atoms with van der Waals surface area (Å²) in [5, 5.41) is 9.18. The number of amides is 1. The van der Waals surface area contributed by atoms with E-state index in [0.29, 0.717) is 44.6 Å². The summed E-state index contributed by atoms with van der Waals surface area (Å²) in [6.07, 6.45) is 2.36. The molecule has 0 aliphatic heterocycles. The summed E-state index contributed by atoms with van der Waals surface area (Å²) in [6, 6.07) is 9.57. The second-order valence-corrected chi connectivity index (χ2v) is 6.38. The zero-order valence-corrected chi connectivity index (χ0v) is 18.0. The lowest BCUT2D eigenvalue weighted by Gasteiger charge is -2.14. The van der Waals surface area contributed by atoms with Crippen LogP contribution in [-0.2, 0) is 17.8 Å². The van der Waals surface area contributed by atoms with E-state index in [0.717, 1.165) is 23.5 Å². The van der Waals surface area contributed by atoms with Gasteiger partial charge >= 0.3 is 0 Å². The van der Waals surface area contributed by atoms with Crippen molar-refractivity contribution in [3.63, 3.8) is 0 Å². The number of furan rings is 1. The van der Waals surface area contributed by atoms with Crippen LogP contribution in [0.4, 0.5) is 0 Å². The number of hydrogen-bond donors (Lipinski definition) is 3. The molecule has 0 saturated heterocycles. The van der Waals surface area contributed by atoms with Gasteiger partial charge in [0.2, 0.25) is 5.91 Å². The molecule has 1 amide bonds. The Bertz CT molecular complexity index is 790. The van der Waals surface area contributed by atoms with Crippen LogP contribution in [0.25, 0.3) is 0 Å². The minimum absolute atomic E-state index is 0.0353. The van der Waals surface area contributed by atoms with E-state index in [4.69, 9.17) is 13.9 Å². The largest absolute Gasteiger partial charge is 0.490 e. The first-order valence-corrected chi connectivity index (χ1v) is 10.4. The topological polar surface area (TPSA) is 97.1 Å². The molecule has 1 aromatic carbocycles. The Morgan fingerprint density at radius 3 is 2.53 bits per heavy atom. The molecule has 0 unspecified atom stereocenters. The van der Waals surface area contributed by atoms with Crippen molar-refractivity contribution in [1.29, 1.82) is 0 Å². The molecule has 3 N–H and O–H groups in total. The molecule has 0 saturated carbocycles. The highest BCUT2D eigenvalue weighted by Gasteiger charge is 2.07. The zero-order chi connectivity index (χ0) is 21.6. The van der Waals surface area contributed by atoms with E-state index >= 15 is 0 Å². The third kappa shape index (κ3) is 8.06. The minimum atomic E-state index is -0.170. The van der Waals surface area contributed by atoms with Crippen molar-refractivity contribution in [1.82, 2.24) is 16.0 Å². The lowest BCUT2D eigenvalue weighted by atomic mass is 10.1. The third-order valence-electron chi connectivity index (χ3n) is 4.08. The molecule has 164 valence electrons. The molecule has 0 radical (unpaired) electrons. The molecule has 0 aliphatic rings. The molecule has 2 aromatic rings. The van der Waals surface area contributed by atoms with Gasteiger partial charge in [-0.2, -0.15) is 0 Å². The van der Waals surface area contributed by atoms with Gasteiger partial charge in [0, 0.05) is 13.1 Å². The van der Waals surface area contributed by atoms with E-state index in [1.165, 1.54) is 0 Å². The maximum atomic E-state index is 12.0. The molecule has 1 heterocycles. The lowest BCUT2D eigenvalue weighted by Crippen LogP contribution is -2.39. The summed E-state index contributed by atoms with van der Waals surface area (Å²) in [7, 11) is 0. The average Bonchev–Trinajstić information content (AvgIpc) is 3.26. The standard InChI is InChI=1S/C22H32N4O4/c1-4-23-22(26-16-21(27)25-15-18-8-7-13-30-18)24-12-11-17-9-10-19(28-5-2)20(14-17)29-6-3/h7-10,13-14H,4-6,11-12,15-16H2,1-3H3,(H,25,27)(H2,23,24,26). The maximum absolute atomic E-state index is 12.0. The molecule has 0 fully saturated rings. The summed E-state index contributed by atoms with van der Waals surface area (Å²) in [5.74, 6) is 2.65. The zero-order valence-electron chi connectivity index (χ0n) is 18.0.